The molecule has 0 radical (unpaired) electrons. The minimum atomic E-state index is -0.281. The molecule has 28 heavy (non-hydrogen) atoms. The maximum Gasteiger partial charge on any atom is 0.273 e. The van der Waals surface area contributed by atoms with E-state index in [1.807, 2.05) is 42.3 Å². The lowest BCUT2D eigenvalue weighted by Gasteiger charge is -2.27. The molecule has 2 aromatic carbocycles. The zero-order chi connectivity index (χ0) is 19.8. The van der Waals surface area contributed by atoms with Crippen LogP contribution in [0.5, 0.6) is 0 Å². The molecule has 4 rings (SSSR count). The highest BCUT2D eigenvalue weighted by Gasteiger charge is 2.42. The zero-order valence-corrected chi connectivity index (χ0v) is 16.4. The second-order valence-electron chi connectivity index (χ2n) is 7.80. The molecule has 1 aromatic heterocycles. The van der Waals surface area contributed by atoms with Crippen molar-refractivity contribution in [3.63, 3.8) is 0 Å². The van der Waals surface area contributed by atoms with Gasteiger partial charge in [0.2, 0.25) is 0 Å². The van der Waals surface area contributed by atoms with Crippen molar-refractivity contribution >= 4 is 5.91 Å². The van der Waals surface area contributed by atoms with Gasteiger partial charge >= 0.3 is 0 Å². The number of aromatic nitrogens is 2. The van der Waals surface area contributed by atoms with Crippen LogP contribution in [0, 0.1) is 11.7 Å². The number of amides is 1. The third-order valence-corrected chi connectivity index (χ3v) is 5.19. The second-order valence-corrected chi connectivity index (χ2v) is 7.80. The van der Waals surface area contributed by atoms with Crippen molar-refractivity contribution in [1.82, 2.24) is 14.7 Å². The molecule has 0 saturated carbocycles. The Hall–Kier alpha value is -2.95. The Morgan fingerprint density at radius 3 is 2.39 bits per heavy atom. The molecule has 1 aliphatic rings. The van der Waals surface area contributed by atoms with Gasteiger partial charge < -0.3 is 4.90 Å². The summed E-state index contributed by atoms with van der Waals surface area (Å²) in [7, 11) is 1.83. The van der Waals surface area contributed by atoms with Crippen LogP contribution < -0.4 is 0 Å². The molecule has 0 saturated heterocycles. The lowest BCUT2D eigenvalue weighted by molar-refractivity contribution is 0.0725. The monoisotopic (exact) mass is 377 g/mol. The van der Waals surface area contributed by atoms with Crippen molar-refractivity contribution in [3.8, 4) is 0 Å². The molecule has 144 valence electrons. The fourth-order valence-electron chi connectivity index (χ4n) is 4.02. The van der Waals surface area contributed by atoms with Crippen molar-refractivity contribution in [1.29, 1.82) is 0 Å². The summed E-state index contributed by atoms with van der Waals surface area (Å²) in [5.41, 5.74) is 4.52. The fraction of sp³-hybridized carbons (Fsp3) is 0.304. The summed E-state index contributed by atoms with van der Waals surface area (Å²) in [6.07, 6.45) is 0.799. The largest absolute Gasteiger partial charge is 0.322 e. The van der Waals surface area contributed by atoms with Crippen LogP contribution in [0.1, 0.15) is 52.8 Å². The molecular weight excluding hydrogens is 353 g/mol. The van der Waals surface area contributed by atoms with E-state index in [0.717, 1.165) is 28.8 Å². The number of aryl methyl sites for hydroxylation is 1. The summed E-state index contributed by atoms with van der Waals surface area (Å²) in [5, 5.41) is 4.65. The molecule has 3 aromatic rings. The van der Waals surface area contributed by atoms with Crippen molar-refractivity contribution in [2.45, 2.75) is 32.9 Å². The number of hydrogen-bond acceptors (Lipinski definition) is 2. The predicted molar refractivity (Wildman–Crippen MR) is 106 cm³/mol. The van der Waals surface area contributed by atoms with E-state index in [1.165, 1.54) is 12.1 Å². The molecule has 1 aliphatic heterocycles. The Morgan fingerprint density at radius 2 is 1.75 bits per heavy atom. The van der Waals surface area contributed by atoms with Gasteiger partial charge in [0.1, 0.15) is 11.5 Å². The van der Waals surface area contributed by atoms with Crippen molar-refractivity contribution in [3.05, 3.63) is 88.5 Å². The Labute approximate surface area is 164 Å². The molecule has 0 fully saturated rings. The lowest BCUT2D eigenvalue weighted by atomic mass is 9.95. The van der Waals surface area contributed by atoms with Crippen LogP contribution in [0.2, 0.25) is 0 Å². The lowest BCUT2D eigenvalue weighted by Crippen LogP contribution is -2.30. The summed E-state index contributed by atoms with van der Waals surface area (Å²) < 4.78 is 15.3. The predicted octanol–water partition coefficient (Wildman–Crippen LogP) is 4.50. The van der Waals surface area contributed by atoms with E-state index in [4.69, 9.17) is 0 Å². The molecule has 0 N–H and O–H groups in total. The Balaban J connectivity index is 1.84. The van der Waals surface area contributed by atoms with Crippen LogP contribution in [-0.4, -0.2) is 20.6 Å². The Morgan fingerprint density at radius 1 is 1.07 bits per heavy atom. The van der Waals surface area contributed by atoms with Crippen LogP contribution in [-0.2, 0) is 20.0 Å². The Kier molecular flexibility index (Phi) is 4.75. The number of rotatable bonds is 5. The minimum Gasteiger partial charge on any atom is -0.322 e. The smallest absolute Gasteiger partial charge is 0.273 e. The highest BCUT2D eigenvalue weighted by atomic mass is 19.1. The number of halogens is 1. The van der Waals surface area contributed by atoms with Gasteiger partial charge in [0.15, 0.2) is 0 Å². The van der Waals surface area contributed by atoms with Crippen LogP contribution in [0.3, 0.4) is 0 Å². The minimum absolute atomic E-state index is 0.0295. The average Bonchev–Trinajstić information content (AvgIpc) is 3.12. The number of hydrogen-bond donors (Lipinski definition) is 0. The molecule has 2 heterocycles. The summed E-state index contributed by atoms with van der Waals surface area (Å²) in [4.78, 5) is 15.2. The molecule has 4 nitrogen and oxygen atoms in total. The first kappa shape index (κ1) is 18.4. The molecule has 1 atom stereocenters. The van der Waals surface area contributed by atoms with Crippen molar-refractivity contribution in [2.24, 2.45) is 13.0 Å². The molecule has 1 unspecified atom stereocenters. The van der Waals surface area contributed by atoms with E-state index in [0.29, 0.717) is 18.2 Å². The number of carbonyl (C=O) groups is 1. The highest BCUT2D eigenvalue weighted by Crippen LogP contribution is 2.41. The van der Waals surface area contributed by atoms with E-state index in [-0.39, 0.29) is 17.8 Å². The van der Waals surface area contributed by atoms with E-state index in [1.54, 1.807) is 16.8 Å². The number of nitrogens with zero attached hydrogens (tertiary/aromatic N) is 3. The third kappa shape index (κ3) is 3.21. The van der Waals surface area contributed by atoms with Crippen LogP contribution >= 0.6 is 0 Å². The second kappa shape index (κ2) is 7.23. The first-order valence-corrected chi connectivity index (χ1v) is 9.62. The average molecular weight is 377 g/mol. The van der Waals surface area contributed by atoms with Gasteiger partial charge in [-0.2, -0.15) is 5.10 Å². The number of carbonyl (C=O) groups excluding carboxylic acids is 1. The quantitative estimate of drug-likeness (QED) is 0.656. The number of fused-ring (bicyclic) bond motifs is 1. The maximum absolute atomic E-state index is 13.5. The van der Waals surface area contributed by atoms with Crippen LogP contribution in [0.25, 0.3) is 0 Å². The van der Waals surface area contributed by atoms with Gasteiger partial charge in [-0.25, -0.2) is 4.39 Å². The topological polar surface area (TPSA) is 38.1 Å². The molecule has 0 spiro atoms. The first-order valence-electron chi connectivity index (χ1n) is 9.62. The van der Waals surface area contributed by atoms with E-state index >= 15 is 0 Å². The SMILES string of the molecule is CC(C)Cc1nn(C)c2c1C(c1ccc(F)cc1)N(Cc1ccccc1)C2=O. The standard InChI is InChI=1S/C23H24FN3O/c1-15(2)13-19-20-21(17-9-11-18(24)12-10-17)27(14-16-7-5-4-6-8-16)23(28)22(20)26(3)25-19/h4-12,15,21H,13-14H2,1-3H3. The molecule has 0 bridgehead atoms. The van der Waals surface area contributed by atoms with Gasteiger partial charge in [0.25, 0.3) is 5.91 Å². The van der Waals surface area contributed by atoms with Crippen molar-refractivity contribution < 1.29 is 9.18 Å². The molecule has 1 amide bonds. The van der Waals surface area contributed by atoms with E-state index in [9.17, 15) is 9.18 Å². The maximum atomic E-state index is 13.5. The van der Waals surface area contributed by atoms with Gasteiger partial charge in [0.05, 0.1) is 11.7 Å². The zero-order valence-electron chi connectivity index (χ0n) is 16.4. The third-order valence-electron chi connectivity index (χ3n) is 5.19. The van der Waals surface area contributed by atoms with Gasteiger partial charge in [-0.1, -0.05) is 56.3 Å². The first-order chi connectivity index (χ1) is 13.5. The summed E-state index contributed by atoms with van der Waals surface area (Å²) in [6, 6.07) is 16.1. The summed E-state index contributed by atoms with van der Waals surface area (Å²) in [6.45, 7) is 4.79. The molecule has 5 heteroatoms. The van der Waals surface area contributed by atoms with Crippen molar-refractivity contribution in [2.75, 3.05) is 0 Å². The van der Waals surface area contributed by atoms with Gasteiger partial charge in [-0.05, 0) is 35.6 Å². The van der Waals surface area contributed by atoms with E-state index < -0.39 is 0 Å². The fourth-order valence-corrected chi connectivity index (χ4v) is 4.02. The van der Waals surface area contributed by atoms with Crippen LogP contribution in [0.4, 0.5) is 4.39 Å². The van der Waals surface area contributed by atoms with Gasteiger partial charge in [0, 0.05) is 19.2 Å². The molecule has 0 aliphatic carbocycles. The number of benzene rings is 2. The van der Waals surface area contributed by atoms with Gasteiger partial charge in [-0.3, -0.25) is 9.48 Å². The molecular formula is C23H24FN3O. The van der Waals surface area contributed by atoms with Crippen LogP contribution in [0.15, 0.2) is 54.6 Å². The van der Waals surface area contributed by atoms with E-state index in [2.05, 4.69) is 18.9 Å². The summed E-state index contributed by atoms with van der Waals surface area (Å²) >= 11 is 0. The Bertz CT molecular complexity index is 993. The normalized spacial score (nSPS) is 16.1. The summed E-state index contributed by atoms with van der Waals surface area (Å²) in [5.74, 6) is 0.112. The highest BCUT2D eigenvalue weighted by molar-refractivity contribution is 5.98. The van der Waals surface area contributed by atoms with Gasteiger partial charge in [-0.15, -0.1) is 0 Å².